The molecule has 0 spiro atoms. The summed E-state index contributed by atoms with van der Waals surface area (Å²) < 4.78 is 20.1. The molecule has 15 heteroatoms. The number of carbonyl (C=O) groups excluding carboxylic acids is 2. The monoisotopic (exact) mass is 720 g/mol. The van der Waals surface area contributed by atoms with Gasteiger partial charge in [-0.05, 0) is 60.0 Å². The first-order chi connectivity index (χ1) is 25.4. The average Bonchev–Trinajstić information content (AvgIpc) is 3.70. The minimum Gasteiger partial charge on any atom is -0.494 e. The summed E-state index contributed by atoms with van der Waals surface area (Å²) >= 11 is 0. The summed E-state index contributed by atoms with van der Waals surface area (Å²) in [4.78, 5) is 59.6. The molecule has 0 saturated heterocycles. The Labute approximate surface area is 302 Å². The first kappa shape index (κ1) is 36.1. The Morgan fingerprint density at radius 2 is 1.13 bits per heavy atom. The Bertz CT molecular complexity index is 2460. The van der Waals surface area contributed by atoms with Crippen molar-refractivity contribution in [3.63, 3.8) is 0 Å². The van der Waals surface area contributed by atoms with Crippen LogP contribution < -0.4 is 20.9 Å². The van der Waals surface area contributed by atoms with E-state index in [1.165, 1.54) is 39.5 Å². The van der Waals surface area contributed by atoms with E-state index in [4.69, 9.17) is 35.6 Å². The first-order valence-electron chi connectivity index (χ1n) is 16.4. The number of benzene rings is 4. The Morgan fingerprint density at radius 1 is 0.642 bits per heavy atom. The molecule has 0 aliphatic heterocycles. The number of methoxy groups -OCH3 is 3. The highest BCUT2D eigenvalue weighted by atomic mass is 16.5. The number of hydrogen-bond donors (Lipinski definition) is 4. The molecule has 272 valence electrons. The Morgan fingerprint density at radius 3 is 1.58 bits per heavy atom. The molecule has 0 fully saturated rings. The summed E-state index contributed by atoms with van der Waals surface area (Å²) in [7, 11) is 4.29. The van der Waals surface area contributed by atoms with Crippen molar-refractivity contribution >= 4 is 45.8 Å². The van der Waals surface area contributed by atoms with E-state index in [1.54, 1.807) is 45.5 Å². The molecule has 0 atom stereocenters. The molecule has 0 aliphatic rings. The van der Waals surface area contributed by atoms with Gasteiger partial charge in [0.05, 0.1) is 54.1 Å². The maximum atomic E-state index is 12.6. The number of aromatic nitrogens is 4. The molecule has 0 aliphatic carbocycles. The molecule has 15 nitrogen and oxygen atoms in total. The predicted molar refractivity (Wildman–Crippen MR) is 194 cm³/mol. The number of aromatic carboxylic acids is 2. The smallest absolute Gasteiger partial charge is 0.336 e. The molecule has 6 aromatic rings. The number of rotatable bonds is 14. The van der Waals surface area contributed by atoms with Crippen molar-refractivity contribution in [2.24, 2.45) is 11.5 Å². The van der Waals surface area contributed by atoms with Crippen molar-refractivity contribution in [1.82, 2.24) is 19.1 Å². The number of imidazole rings is 2. The lowest BCUT2D eigenvalue weighted by molar-refractivity contribution is 0.0686. The van der Waals surface area contributed by atoms with Gasteiger partial charge in [-0.2, -0.15) is 0 Å². The second-order valence-corrected chi connectivity index (χ2v) is 12.1. The number of ether oxygens (including phenoxy) is 3. The number of amides is 2. The zero-order chi connectivity index (χ0) is 38.1. The summed E-state index contributed by atoms with van der Waals surface area (Å²) in [6, 6.07) is 16.2. The Kier molecular flexibility index (Phi) is 9.85. The van der Waals surface area contributed by atoms with Crippen LogP contribution in [0.2, 0.25) is 0 Å². The number of primary amides is 2. The molecule has 0 bridgehead atoms. The van der Waals surface area contributed by atoms with Gasteiger partial charge < -0.3 is 45.0 Å². The van der Waals surface area contributed by atoms with Gasteiger partial charge in [0.15, 0.2) is 11.5 Å². The number of fused-ring (bicyclic) bond motifs is 2. The van der Waals surface area contributed by atoms with Crippen molar-refractivity contribution < 1.29 is 43.6 Å². The van der Waals surface area contributed by atoms with Crippen LogP contribution in [-0.4, -0.2) is 74.4 Å². The standard InChI is InChI=1S/C38H36N6O9/c1-5-19-6-8-21(26(16-19)38(49)50)35-41-29-27(12-10-23(33(39)45)31(29)52-3)43(35)14-15-44-28-13-11-24(34(40)46)32(53-4)30(28)42-36(44)25-17-20(18-51-2)7-9-22(25)37(47)48/h6-13,16-17H,5,14-15,18H2,1-4H3,(H2,39,45)(H2,40,46)(H,47,48)(H,49,50). The van der Waals surface area contributed by atoms with Gasteiger partial charge in [0.1, 0.15) is 22.7 Å². The van der Waals surface area contributed by atoms with Crippen LogP contribution in [0.4, 0.5) is 0 Å². The van der Waals surface area contributed by atoms with Crippen molar-refractivity contribution in [2.75, 3.05) is 21.3 Å². The van der Waals surface area contributed by atoms with E-state index in [0.29, 0.717) is 28.6 Å². The minimum absolute atomic E-state index is 0.0218. The maximum absolute atomic E-state index is 12.6. The van der Waals surface area contributed by atoms with Gasteiger partial charge >= 0.3 is 11.9 Å². The first-order valence-corrected chi connectivity index (χ1v) is 16.4. The quantitative estimate of drug-likeness (QED) is 0.120. The largest absolute Gasteiger partial charge is 0.494 e. The van der Waals surface area contributed by atoms with E-state index in [-0.39, 0.29) is 81.7 Å². The molecule has 0 saturated carbocycles. The highest BCUT2D eigenvalue weighted by molar-refractivity contribution is 6.04. The lowest BCUT2D eigenvalue weighted by Crippen LogP contribution is -2.14. The van der Waals surface area contributed by atoms with E-state index < -0.39 is 23.8 Å². The van der Waals surface area contributed by atoms with Crippen molar-refractivity contribution in [2.45, 2.75) is 33.0 Å². The number of carboxylic acids is 2. The summed E-state index contributed by atoms with van der Waals surface area (Å²) in [6.07, 6.45) is 0.605. The summed E-state index contributed by atoms with van der Waals surface area (Å²) in [5.74, 6) is -3.07. The third-order valence-electron chi connectivity index (χ3n) is 9.06. The van der Waals surface area contributed by atoms with E-state index in [0.717, 1.165) is 5.56 Å². The van der Waals surface area contributed by atoms with Gasteiger partial charge in [-0.25, -0.2) is 19.6 Å². The zero-order valence-electron chi connectivity index (χ0n) is 29.3. The normalized spacial score (nSPS) is 11.2. The van der Waals surface area contributed by atoms with E-state index >= 15 is 0 Å². The van der Waals surface area contributed by atoms with Crippen molar-refractivity contribution in [3.05, 3.63) is 94.0 Å². The third kappa shape index (κ3) is 6.38. The van der Waals surface area contributed by atoms with Crippen molar-refractivity contribution in [3.8, 4) is 34.3 Å². The summed E-state index contributed by atoms with van der Waals surface area (Å²) in [5, 5.41) is 20.5. The zero-order valence-corrected chi connectivity index (χ0v) is 29.3. The number of aryl methyl sites for hydroxylation is 3. The second kappa shape index (κ2) is 14.5. The highest BCUT2D eigenvalue weighted by Crippen LogP contribution is 2.38. The Balaban J connectivity index is 1.63. The SMILES string of the molecule is CCc1ccc(-c2nc3c(OC)c(C(N)=O)ccc3n2CCn2c(-c3cc(COC)ccc3C(=O)O)nc3c(OC)c(C(N)=O)ccc32)c(C(=O)O)c1. The molecule has 53 heavy (non-hydrogen) atoms. The minimum atomic E-state index is -1.19. The van der Waals surface area contributed by atoms with Crippen LogP contribution in [0.15, 0.2) is 60.7 Å². The van der Waals surface area contributed by atoms with Crippen molar-refractivity contribution in [1.29, 1.82) is 0 Å². The number of carboxylic acid groups (broad SMARTS) is 2. The molecule has 2 amide bonds. The fourth-order valence-corrected chi connectivity index (χ4v) is 6.60. The van der Waals surface area contributed by atoms with Crippen LogP contribution in [0.25, 0.3) is 44.8 Å². The molecule has 4 aromatic carbocycles. The molecule has 2 heterocycles. The van der Waals surface area contributed by atoms with E-state index in [9.17, 15) is 29.4 Å². The lowest BCUT2D eigenvalue weighted by Gasteiger charge is -2.16. The van der Waals surface area contributed by atoms with Gasteiger partial charge in [-0.15, -0.1) is 0 Å². The predicted octanol–water partition coefficient (Wildman–Crippen LogP) is 4.74. The number of hydrogen-bond acceptors (Lipinski definition) is 9. The van der Waals surface area contributed by atoms with Gasteiger partial charge in [0.25, 0.3) is 11.8 Å². The molecular weight excluding hydrogens is 684 g/mol. The number of nitrogens with two attached hydrogens (primary N) is 2. The summed E-state index contributed by atoms with van der Waals surface area (Å²) in [5.41, 5.74) is 15.1. The average molecular weight is 721 g/mol. The van der Waals surface area contributed by atoms with Crippen LogP contribution in [0.1, 0.15) is 59.5 Å². The van der Waals surface area contributed by atoms with Crippen LogP contribution in [0.3, 0.4) is 0 Å². The van der Waals surface area contributed by atoms with E-state index in [1.807, 2.05) is 13.0 Å². The number of nitrogens with zero attached hydrogens (tertiary/aromatic N) is 4. The van der Waals surface area contributed by atoms with Gasteiger partial charge in [-0.1, -0.05) is 25.1 Å². The molecule has 0 unspecified atom stereocenters. The van der Waals surface area contributed by atoms with Crippen LogP contribution in [0, 0.1) is 0 Å². The van der Waals surface area contributed by atoms with Gasteiger partial charge in [0.2, 0.25) is 0 Å². The Hall–Kier alpha value is -6.74. The van der Waals surface area contributed by atoms with Crippen LogP contribution in [-0.2, 0) is 30.9 Å². The van der Waals surface area contributed by atoms with Crippen LogP contribution in [0.5, 0.6) is 11.5 Å². The second-order valence-electron chi connectivity index (χ2n) is 12.1. The van der Waals surface area contributed by atoms with Gasteiger partial charge in [0, 0.05) is 31.3 Å². The fraction of sp³-hybridized carbons (Fsp3) is 0.211. The molecular formula is C38H36N6O9. The summed E-state index contributed by atoms with van der Waals surface area (Å²) in [6.45, 7) is 2.36. The van der Waals surface area contributed by atoms with E-state index in [2.05, 4.69) is 0 Å². The maximum Gasteiger partial charge on any atom is 0.336 e. The van der Waals surface area contributed by atoms with Crippen LogP contribution >= 0.6 is 0 Å². The van der Waals surface area contributed by atoms with Gasteiger partial charge in [-0.3, -0.25) is 9.59 Å². The number of carbonyl (C=O) groups is 4. The molecule has 2 aromatic heterocycles. The molecule has 0 radical (unpaired) electrons. The molecule has 6 N–H and O–H groups in total. The lowest BCUT2D eigenvalue weighted by atomic mass is 10.0. The highest BCUT2D eigenvalue weighted by Gasteiger charge is 2.27. The molecule has 6 rings (SSSR count). The third-order valence-corrected chi connectivity index (χ3v) is 9.06. The topological polar surface area (TPSA) is 224 Å². The fourth-order valence-electron chi connectivity index (χ4n) is 6.60.